The van der Waals surface area contributed by atoms with E-state index in [1.807, 2.05) is 36.4 Å². The Morgan fingerprint density at radius 1 is 0.903 bits per heavy atom. The minimum Gasteiger partial charge on any atom is -0.480 e. The standard InChI is InChI=1S/C23H27N3O5/c27-17-13-18(24-14-17)21(28)25-19(11-15-7-3-1-4-8-15)22(29)26-20(23(30)31)12-16-9-5-2-6-10-16/h1-10,17-20,24,27H,11-14H2,(H,25,28)(H,26,29)(H,30,31)/t17-,18+,19+,20+/m0/s1. The molecule has 1 saturated heterocycles. The molecular formula is C23H27N3O5. The molecule has 0 aromatic heterocycles. The third kappa shape index (κ3) is 6.63. The van der Waals surface area contributed by atoms with Crippen LogP contribution in [0.5, 0.6) is 0 Å². The van der Waals surface area contributed by atoms with E-state index in [-0.39, 0.29) is 19.3 Å². The van der Waals surface area contributed by atoms with Crippen LogP contribution in [0.1, 0.15) is 17.5 Å². The number of β-amino-alcohol motifs (C(OH)–C–C–N with tert-alkyl or cyclic N) is 1. The zero-order chi connectivity index (χ0) is 22.2. The summed E-state index contributed by atoms with van der Waals surface area (Å²) in [6.07, 6.45) is -0.00757. The van der Waals surface area contributed by atoms with Crippen LogP contribution < -0.4 is 16.0 Å². The largest absolute Gasteiger partial charge is 0.480 e. The first-order valence-electron chi connectivity index (χ1n) is 10.2. The highest BCUT2D eigenvalue weighted by atomic mass is 16.4. The van der Waals surface area contributed by atoms with E-state index >= 15 is 0 Å². The molecule has 0 bridgehead atoms. The van der Waals surface area contributed by atoms with Gasteiger partial charge in [-0.2, -0.15) is 0 Å². The van der Waals surface area contributed by atoms with Gasteiger partial charge >= 0.3 is 5.97 Å². The van der Waals surface area contributed by atoms with Crippen LogP contribution in [0.4, 0.5) is 0 Å². The summed E-state index contributed by atoms with van der Waals surface area (Å²) in [7, 11) is 0. The van der Waals surface area contributed by atoms with Gasteiger partial charge in [0.1, 0.15) is 12.1 Å². The van der Waals surface area contributed by atoms with E-state index in [0.717, 1.165) is 11.1 Å². The van der Waals surface area contributed by atoms with Crippen molar-refractivity contribution >= 4 is 17.8 Å². The van der Waals surface area contributed by atoms with Crippen LogP contribution in [0, 0.1) is 0 Å². The van der Waals surface area contributed by atoms with Gasteiger partial charge in [0.15, 0.2) is 0 Å². The lowest BCUT2D eigenvalue weighted by Gasteiger charge is -2.23. The van der Waals surface area contributed by atoms with Gasteiger partial charge in [0.25, 0.3) is 0 Å². The zero-order valence-electron chi connectivity index (χ0n) is 17.0. The molecular weight excluding hydrogens is 398 g/mol. The smallest absolute Gasteiger partial charge is 0.326 e. The van der Waals surface area contributed by atoms with E-state index in [9.17, 15) is 24.6 Å². The first kappa shape index (κ1) is 22.5. The van der Waals surface area contributed by atoms with E-state index in [1.54, 1.807) is 24.3 Å². The van der Waals surface area contributed by atoms with Crippen LogP contribution in [-0.4, -0.2) is 58.8 Å². The molecule has 8 nitrogen and oxygen atoms in total. The second-order valence-electron chi connectivity index (χ2n) is 7.69. The molecule has 1 heterocycles. The van der Waals surface area contributed by atoms with Gasteiger partial charge in [0.2, 0.25) is 11.8 Å². The number of carbonyl (C=O) groups is 3. The number of carboxylic acids is 1. The van der Waals surface area contributed by atoms with Crippen LogP contribution in [0.15, 0.2) is 60.7 Å². The SMILES string of the molecule is O=C(O)[C@@H](Cc1ccccc1)NC(=O)[C@@H](Cc1ccccc1)NC(=O)[C@H]1C[C@H](O)CN1. The molecule has 2 amide bonds. The first-order chi connectivity index (χ1) is 14.9. The van der Waals surface area contributed by atoms with E-state index in [4.69, 9.17) is 0 Å². The van der Waals surface area contributed by atoms with Gasteiger partial charge in [-0.05, 0) is 17.5 Å². The molecule has 1 fully saturated rings. The van der Waals surface area contributed by atoms with E-state index in [0.29, 0.717) is 6.54 Å². The molecule has 3 rings (SSSR count). The first-order valence-corrected chi connectivity index (χ1v) is 10.2. The minimum atomic E-state index is -1.15. The maximum atomic E-state index is 13.0. The molecule has 2 aromatic rings. The van der Waals surface area contributed by atoms with Gasteiger partial charge in [-0.15, -0.1) is 0 Å². The lowest BCUT2D eigenvalue weighted by atomic mass is 10.0. The normalized spacial score (nSPS) is 19.9. The fourth-order valence-electron chi connectivity index (χ4n) is 3.57. The Kier molecular flexibility index (Phi) is 7.75. The monoisotopic (exact) mass is 425 g/mol. The zero-order valence-corrected chi connectivity index (χ0v) is 17.0. The number of aliphatic carboxylic acids is 1. The topological polar surface area (TPSA) is 128 Å². The number of aliphatic hydroxyl groups is 1. The van der Waals surface area contributed by atoms with Gasteiger partial charge in [0, 0.05) is 19.4 Å². The Balaban J connectivity index is 1.72. The van der Waals surface area contributed by atoms with Crippen molar-refractivity contribution in [3.8, 4) is 0 Å². The Morgan fingerprint density at radius 3 is 1.94 bits per heavy atom. The van der Waals surface area contributed by atoms with E-state index in [1.165, 1.54) is 0 Å². The summed E-state index contributed by atoms with van der Waals surface area (Å²) in [5, 5.41) is 27.5. The van der Waals surface area contributed by atoms with Crippen molar-refractivity contribution in [2.75, 3.05) is 6.54 Å². The number of nitrogens with one attached hydrogen (secondary N) is 3. The Labute approximate surface area is 180 Å². The van der Waals surface area contributed by atoms with Crippen LogP contribution in [0.2, 0.25) is 0 Å². The number of hydrogen-bond donors (Lipinski definition) is 5. The molecule has 0 aliphatic carbocycles. The molecule has 31 heavy (non-hydrogen) atoms. The molecule has 4 atom stereocenters. The summed E-state index contributed by atoms with van der Waals surface area (Å²) >= 11 is 0. The van der Waals surface area contributed by atoms with Crippen molar-refractivity contribution in [2.45, 2.75) is 43.5 Å². The molecule has 0 saturated carbocycles. The number of amides is 2. The number of benzene rings is 2. The molecule has 2 aromatic carbocycles. The average molecular weight is 425 g/mol. The van der Waals surface area contributed by atoms with E-state index in [2.05, 4.69) is 16.0 Å². The summed E-state index contributed by atoms with van der Waals surface area (Å²) in [5.74, 6) is -2.12. The van der Waals surface area contributed by atoms with Gasteiger partial charge in [-0.1, -0.05) is 60.7 Å². The number of carboxylic acid groups (broad SMARTS) is 1. The summed E-state index contributed by atoms with van der Waals surface area (Å²) < 4.78 is 0. The fourth-order valence-corrected chi connectivity index (χ4v) is 3.57. The van der Waals surface area contributed by atoms with Crippen molar-refractivity contribution < 1.29 is 24.6 Å². The number of rotatable bonds is 9. The highest BCUT2D eigenvalue weighted by molar-refractivity contribution is 5.92. The van der Waals surface area contributed by atoms with Crippen LogP contribution in [0.25, 0.3) is 0 Å². The molecule has 5 N–H and O–H groups in total. The quantitative estimate of drug-likeness (QED) is 0.392. The van der Waals surface area contributed by atoms with Crippen molar-refractivity contribution in [3.63, 3.8) is 0 Å². The molecule has 0 unspecified atom stereocenters. The summed E-state index contributed by atoms with van der Waals surface area (Å²) in [4.78, 5) is 37.4. The van der Waals surface area contributed by atoms with Crippen LogP contribution in [0.3, 0.4) is 0 Å². The highest BCUT2D eigenvalue weighted by Gasteiger charge is 2.32. The van der Waals surface area contributed by atoms with Crippen molar-refractivity contribution in [2.24, 2.45) is 0 Å². The van der Waals surface area contributed by atoms with Crippen LogP contribution in [-0.2, 0) is 27.2 Å². The number of carbonyl (C=O) groups excluding carboxylic acids is 2. The lowest BCUT2D eigenvalue weighted by molar-refractivity contribution is -0.142. The van der Waals surface area contributed by atoms with Crippen molar-refractivity contribution in [3.05, 3.63) is 71.8 Å². The van der Waals surface area contributed by atoms with Gasteiger partial charge in [-0.3, -0.25) is 9.59 Å². The predicted molar refractivity (Wildman–Crippen MR) is 114 cm³/mol. The summed E-state index contributed by atoms with van der Waals surface area (Å²) in [5.41, 5.74) is 1.61. The van der Waals surface area contributed by atoms with Gasteiger partial charge < -0.3 is 26.2 Å². The Hall–Kier alpha value is -3.23. The van der Waals surface area contributed by atoms with E-state index < -0.39 is 42.0 Å². The molecule has 8 heteroatoms. The lowest BCUT2D eigenvalue weighted by Crippen LogP contribution is -2.55. The maximum Gasteiger partial charge on any atom is 0.326 e. The second-order valence-corrected chi connectivity index (χ2v) is 7.69. The number of aliphatic hydroxyl groups excluding tert-OH is 1. The summed E-state index contributed by atoms with van der Waals surface area (Å²) in [6.45, 7) is 0.311. The minimum absolute atomic E-state index is 0.129. The third-order valence-electron chi connectivity index (χ3n) is 5.24. The van der Waals surface area contributed by atoms with Gasteiger partial charge in [-0.25, -0.2) is 4.79 Å². The predicted octanol–water partition coefficient (Wildman–Crippen LogP) is 0.249. The summed E-state index contributed by atoms with van der Waals surface area (Å²) in [6, 6.07) is 15.5. The second kappa shape index (κ2) is 10.7. The van der Waals surface area contributed by atoms with Gasteiger partial charge in [0.05, 0.1) is 12.1 Å². The maximum absolute atomic E-state index is 13.0. The Bertz CT molecular complexity index is 891. The fraction of sp³-hybridized carbons (Fsp3) is 0.348. The Morgan fingerprint density at radius 2 is 1.45 bits per heavy atom. The van der Waals surface area contributed by atoms with Crippen molar-refractivity contribution in [1.29, 1.82) is 0 Å². The molecule has 0 radical (unpaired) electrons. The average Bonchev–Trinajstić information content (AvgIpc) is 3.20. The molecule has 164 valence electrons. The third-order valence-corrected chi connectivity index (χ3v) is 5.24. The highest BCUT2D eigenvalue weighted by Crippen LogP contribution is 2.10. The number of hydrogen-bond acceptors (Lipinski definition) is 5. The van der Waals surface area contributed by atoms with Crippen LogP contribution >= 0.6 is 0 Å². The molecule has 1 aliphatic rings. The van der Waals surface area contributed by atoms with Crippen molar-refractivity contribution in [1.82, 2.24) is 16.0 Å². The molecule has 1 aliphatic heterocycles. The molecule has 0 spiro atoms.